The van der Waals surface area contributed by atoms with E-state index in [9.17, 15) is 5.11 Å². The first-order valence-electron chi connectivity index (χ1n) is 23.0. The Bertz CT molecular complexity index is 2560. The minimum Gasteiger partial charge on any atom is -0.508 e. The number of likely N-dealkylation sites (tertiary alicyclic amines) is 2. The number of nitrogens with one attached hydrogen (secondary N) is 1. The van der Waals surface area contributed by atoms with E-state index in [1.165, 1.54) is 45.3 Å². The van der Waals surface area contributed by atoms with Crippen LogP contribution in [0.25, 0.3) is 21.5 Å². The van der Waals surface area contributed by atoms with Gasteiger partial charge in [-0.25, -0.2) is 9.98 Å². The molecule has 0 spiro atoms. The van der Waals surface area contributed by atoms with E-state index in [2.05, 4.69) is 114 Å². The number of aromatic nitrogens is 2. The molecule has 11 heteroatoms. The van der Waals surface area contributed by atoms with Crippen molar-refractivity contribution in [1.29, 1.82) is 0 Å². The summed E-state index contributed by atoms with van der Waals surface area (Å²) in [7, 11) is 4.42. The molecule has 0 bridgehead atoms. The third-order valence-corrected chi connectivity index (χ3v) is 14.3. The van der Waals surface area contributed by atoms with Gasteiger partial charge in [0.05, 0.1) is 25.4 Å². The molecule has 0 amide bonds. The summed E-state index contributed by atoms with van der Waals surface area (Å²) in [6.45, 7) is 13.0. The van der Waals surface area contributed by atoms with Crippen LogP contribution in [0.2, 0.25) is 0 Å². The molecular formula is C51H62N8O3. The first-order chi connectivity index (χ1) is 30.1. The lowest BCUT2D eigenvalue weighted by molar-refractivity contribution is -0.0623. The molecule has 11 nitrogen and oxygen atoms in total. The van der Waals surface area contributed by atoms with Crippen molar-refractivity contribution in [1.82, 2.24) is 25.1 Å². The number of ether oxygens (including phenoxy) is 2. The molecule has 5 aliphatic rings. The minimum absolute atomic E-state index is 0.249. The minimum atomic E-state index is -0.869. The van der Waals surface area contributed by atoms with Gasteiger partial charge in [0.1, 0.15) is 12.4 Å². The second-order valence-corrected chi connectivity index (χ2v) is 18.6. The topological polar surface area (TPSA) is 102 Å². The van der Waals surface area contributed by atoms with Crippen LogP contribution in [0.5, 0.6) is 11.8 Å². The summed E-state index contributed by atoms with van der Waals surface area (Å²) in [5.41, 5.74) is 10.7. The lowest BCUT2D eigenvalue weighted by atomic mass is 9.92. The third kappa shape index (κ3) is 7.99. The molecule has 0 aliphatic carbocycles. The van der Waals surface area contributed by atoms with Gasteiger partial charge >= 0.3 is 6.01 Å². The first kappa shape index (κ1) is 40.8. The van der Waals surface area contributed by atoms with Gasteiger partial charge in [-0.15, -0.1) is 0 Å². The fraction of sp³-hybridized carbons (Fsp3) is 0.471. The van der Waals surface area contributed by atoms with E-state index in [1.54, 1.807) is 0 Å². The number of likely N-dealkylation sites (N-methyl/N-ethyl adjacent to an activating group) is 2. The largest absolute Gasteiger partial charge is 0.508 e. The van der Waals surface area contributed by atoms with Crippen molar-refractivity contribution in [2.45, 2.75) is 96.1 Å². The Labute approximate surface area is 366 Å². The number of aryl methyl sites for hydroxylation is 1. The summed E-state index contributed by atoms with van der Waals surface area (Å²) in [4.78, 5) is 24.9. The zero-order chi connectivity index (χ0) is 42.5. The summed E-state index contributed by atoms with van der Waals surface area (Å²) < 4.78 is 13.1. The summed E-state index contributed by atoms with van der Waals surface area (Å²) in [6.07, 6.45) is 7.14. The second kappa shape index (κ2) is 16.8. The van der Waals surface area contributed by atoms with Crippen LogP contribution in [0.15, 0.2) is 89.1 Å². The summed E-state index contributed by atoms with van der Waals surface area (Å²) in [5, 5.41) is 19.2. The maximum absolute atomic E-state index is 10.7. The van der Waals surface area contributed by atoms with Crippen molar-refractivity contribution in [2.75, 3.05) is 69.8 Å². The van der Waals surface area contributed by atoms with Crippen LogP contribution in [0, 0.1) is 6.92 Å². The maximum atomic E-state index is 10.7. The van der Waals surface area contributed by atoms with Crippen LogP contribution in [-0.2, 0) is 17.7 Å². The highest BCUT2D eigenvalue weighted by atomic mass is 16.5. The molecule has 4 atom stereocenters. The van der Waals surface area contributed by atoms with Gasteiger partial charge in [0.15, 0.2) is 0 Å². The molecule has 0 radical (unpaired) electrons. The average Bonchev–Trinajstić information content (AvgIpc) is 3.87. The van der Waals surface area contributed by atoms with Crippen LogP contribution >= 0.6 is 0 Å². The molecule has 1 aromatic heterocycles. The molecule has 62 heavy (non-hydrogen) atoms. The number of aliphatic imine (C=N–C) groups is 1. The number of nitrogens with zero attached hydrogens (tertiary/aromatic N) is 7. The van der Waals surface area contributed by atoms with E-state index in [1.807, 2.05) is 18.2 Å². The Kier molecular flexibility index (Phi) is 11.1. The fourth-order valence-electron chi connectivity index (χ4n) is 10.9. The fourth-order valence-corrected chi connectivity index (χ4v) is 10.9. The van der Waals surface area contributed by atoms with E-state index >= 15 is 0 Å². The van der Waals surface area contributed by atoms with Gasteiger partial charge in [-0.1, -0.05) is 67.9 Å². The number of fused-ring (bicyclic) bond motifs is 3. The quantitative estimate of drug-likeness (QED) is 0.135. The highest BCUT2D eigenvalue weighted by molar-refractivity contribution is 6.02. The molecule has 4 aromatic carbocycles. The second-order valence-electron chi connectivity index (χ2n) is 18.6. The van der Waals surface area contributed by atoms with Crippen LogP contribution in [0.3, 0.4) is 0 Å². The summed E-state index contributed by atoms with van der Waals surface area (Å²) >= 11 is 0. The van der Waals surface area contributed by atoms with Gasteiger partial charge in [0.2, 0.25) is 5.85 Å². The van der Waals surface area contributed by atoms with E-state index in [4.69, 9.17) is 24.4 Å². The Balaban J connectivity index is 0.846. The molecule has 6 heterocycles. The predicted octanol–water partition coefficient (Wildman–Crippen LogP) is 8.32. The van der Waals surface area contributed by atoms with Crippen LogP contribution in [-0.4, -0.2) is 109 Å². The molecule has 324 valence electrons. The molecule has 2 unspecified atom stereocenters. The van der Waals surface area contributed by atoms with Crippen LogP contribution in [0.1, 0.15) is 80.8 Å². The highest BCUT2D eigenvalue weighted by Gasteiger charge is 2.38. The first-order valence-corrected chi connectivity index (χ1v) is 23.0. The highest BCUT2D eigenvalue weighted by Crippen LogP contribution is 2.40. The number of anilines is 2. The van der Waals surface area contributed by atoms with E-state index < -0.39 is 5.85 Å². The Morgan fingerprint density at radius 2 is 1.58 bits per heavy atom. The van der Waals surface area contributed by atoms with Gasteiger partial charge < -0.3 is 39.5 Å². The van der Waals surface area contributed by atoms with Crippen molar-refractivity contribution in [3.8, 4) is 11.8 Å². The summed E-state index contributed by atoms with van der Waals surface area (Å²) in [5.74, 6) is -0.205. The number of aromatic hydroxyl groups is 1. The smallest absolute Gasteiger partial charge is 0.316 e. The number of phenolic OH excluding ortho intramolecular Hbond substituents is 1. The zero-order valence-electron chi connectivity index (χ0n) is 37.2. The van der Waals surface area contributed by atoms with Crippen molar-refractivity contribution in [2.24, 2.45) is 4.99 Å². The van der Waals surface area contributed by atoms with Crippen LogP contribution in [0.4, 0.5) is 11.4 Å². The van der Waals surface area contributed by atoms with Crippen molar-refractivity contribution < 1.29 is 14.6 Å². The predicted molar refractivity (Wildman–Crippen MR) is 250 cm³/mol. The average molecular weight is 835 g/mol. The number of phenols is 1. The molecule has 2 N–H and O–H groups in total. The lowest BCUT2D eigenvalue weighted by Crippen LogP contribution is -2.52. The maximum Gasteiger partial charge on any atom is 0.316 e. The molecule has 2 saturated heterocycles. The van der Waals surface area contributed by atoms with E-state index in [-0.39, 0.29) is 6.04 Å². The molecular weight excluding hydrogens is 773 g/mol. The zero-order valence-corrected chi connectivity index (χ0v) is 37.2. The Morgan fingerprint density at radius 1 is 0.839 bits per heavy atom. The van der Waals surface area contributed by atoms with Crippen molar-refractivity contribution in [3.63, 3.8) is 0 Å². The molecule has 0 saturated carbocycles. The molecule has 2 fully saturated rings. The normalized spacial score (nSPS) is 24.4. The monoisotopic (exact) mass is 834 g/mol. The standard InChI is InChI=1S/C51H62N8O3/c1-6-12-45-44-19-22-59(49-27-40(60)25-35-14-8-10-17-43(35)49)30-47(44)55-51(3,54-45)62-32-39-24-37(28-57(39)5)36-23-34-13-7-9-16-42(34)48(26-36)58-21-18-41-33(2)52-50(53-46(41)29-58)61-31-38-15-11-20-56(38)4/h7-10,13-14,16-17,23,25-27,37-39,55,60H,6,11-12,15,18-22,24,28-32H2,1-5H3/t37?,38-,39-,51?/m0/s1. The Morgan fingerprint density at radius 3 is 2.35 bits per heavy atom. The van der Waals surface area contributed by atoms with Crippen molar-refractivity contribution in [3.05, 3.63) is 107 Å². The van der Waals surface area contributed by atoms with E-state index in [0.717, 1.165) is 105 Å². The molecule has 10 rings (SSSR count). The number of hydrogen-bond donors (Lipinski definition) is 2. The van der Waals surface area contributed by atoms with Gasteiger partial charge in [-0.2, -0.15) is 4.98 Å². The number of rotatable bonds is 11. The number of benzene rings is 4. The molecule has 5 aromatic rings. The van der Waals surface area contributed by atoms with Gasteiger partial charge in [-0.3, -0.25) is 0 Å². The lowest BCUT2D eigenvalue weighted by Gasteiger charge is -2.41. The number of hydrogen-bond acceptors (Lipinski definition) is 11. The Hall–Kier alpha value is -5.23. The third-order valence-electron chi connectivity index (χ3n) is 14.3. The SMILES string of the molecule is CCCC1=NC(C)(OC[C@@H]2CC(c3cc(N4CCc5c(C)nc(OC[C@@H]6CCCN6C)nc5C4)c4ccccc4c3)CN2C)NC2=C1CCN(c1cc(O)cc3ccccc13)C2. The van der Waals surface area contributed by atoms with Gasteiger partial charge in [0, 0.05) is 84.0 Å². The van der Waals surface area contributed by atoms with Gasteiger partial charge in [-0.05, 0) is 112 Å². The van der Waals surface area contributed by atoms with Gasteiger partial charge in [0.25, 0.3) is 0 Å². The van der Waals surface area contributed by atoms with Crippen LogP contribution < -0.4 is 19.9 Å². The summed E-state index contributed by atoms with van der Waals surface area (Å²) in [6, 6.07) is 27.0. The van der Waals surface area contributed by atoms with E-state index in [0.29, 0.717) is 43.5 Å². The van der Waals surface area contributed by atoms with Crippen molar-refractivity contribution >= 4 is 38.6 Å². The molecule has 5 aliphatic heterocycles.